The van der Waals surface area contributed by atoms with Crippen LogP contribution < -0.4 is 4.57 Å². The molecule has 0 saturated carbocycles. The number of H-pyrrole nitrogens is 1. The lowest BCUT2D eigenvalue weighted by Crippen LogP contribution is -2.36. The van der Waals surface area contributed by atoms with E-state index in [2.05, 4.69) is 35.8 Å². The van der Waals surface area contributed by atoms with Gasteiger partial charge in [-0.1, -0.05) is 213 Å². The van der Waals surface area contributed by atoms with Crippen LogP contribution in [0.4, 0.5) is 0 Å². The van der Waals surface area contributed by atoms with E-state index in [9.17, 15) is 0 Å². The highest BCUT2D eigenvalue weighted by Gasteiger charge is 2.09. The fraction of sp³-hybridized carbons (Fsp3) is 0.927. The summed E-state index contributed by atoms with van der Waals surface area (Å²) in [5.41, 5.74) is 0. The van der Waals surface area contributed by atoms with E-state index >= 15 is 0 Å². The number of aryl methyl sites for hydroxylation is 2. The van der Waals surface area contributed by atoms with Crippen molar-refractivity contribution in [2.45, 2.75) is 245 Å². The van der Waals surface area contributed by atoms with E-state index in [4.69, 9.17) is 0 Å². The Morgan fingerprint density at radius 2 is 0.651 bits per heavy atom. The molecule has 254 valence electrons. The normalized spacial score (nSPS) is 11.6. The summed E-state index contributed by atoms with van der Waals surface area (Å²) in [6, 6.07) is 0. The van der Waals surface area contributed by atoms with Crippen LogP contribution in [0.25, 0.3) is 0 Å². The quantitative estimate of drug-likeness (QED) is 0.0583. The first kappa shape index (κ1) is 40.2. The van der Waals surface area contributed by atoms with E-state index in [-0.39, 0.29) is 0 Å². The highest BCUT2D eigenvalue weighted by molar-refractivity contribution is 4.77. The molecule has 1 heterocycles. The Kier molecular flexibility index (Phi) is 31.9. The van der Waals surface area contributed by atoms with Gasteiger partial charge in [-0.25, -0.2) is 9.55 Å². The third kappa shape index (κ3) is 28.4. The fourth-order valence-corrected chi connectivity index (χ4v) is 6.85. The third-order valence-corrected chi connectivity index (χ3v) is 9.87. The van der Waals surface area contributed by atoms with Crippen LogP contribution in [0.1, 0.15) is 238 Å². The summed E-state index contributed by atoms with van der Waals surface area (Å²) in [6.45, 7) is 5.82. The van der Waals surface area contributed by atoms with Gasteiger partial charge in [0.25, 0.3) is 5.82 Å². The maximum Gasteiger partial charge on any atom is 0.254 e. The Bertz CT molecular complexity index is 583. The van der Waals surface area contributed by atoms with Crippen molar-refractivity contribution in [2.75, 3.05) is 0 Å². The molecule has 0 aliphatic carbocycles. The van der Waals surface area contributed by atoms with Crippen LogP contribution in [0.15, 0.2) is 12.4 Å². The molecule has 0 aliphatic rings. The van der Waals surface area contributed by atoms with Gasteiger partial charge in [0.05, 0.1) is 6.54 Å². The number of hydrogen-bond acceptors (Lipinski definition) is 0. The van der Waals surface area contributed by atoms with Gasteiger partial charge in [0, 0.05) is 6.42 Å². The molecule has 43 heavy (non-hydrogen) atoms. The second kappa shape index (κ2) is 34.1. The summed E-state index contributed by atoms with van der Waals surface area (Å²) < 4.78 is 2.50. The topological polar surface area (TPSA) is 19.7 Å². The van der Waals surface area contributed by atoms with Crippen LogP contribution in [-0.4, -0.2) is 4.98 Å². The minimum absolute atomic E-state index is 1.20. The fourth-order valence-electron chi connectivity index (χ4n) is 6.85. The van der Waals surface area contributed by atoms with Crippen molar-refractivity contribution in [1.82, 2.24) is 4.98 Å². The predicted octanol–water partition coefficient (Wildman–Crippen LogP) is 14.1. The second-order valence-corrected chi connectivity index (χ2v) is 14.2. The minimum atomic E-state index is 1.20. The first-order valence-electron chi connectivity index (χ1n) is 20.4. The van der Waals surface area contributed by atoms with Crippen molar-refractivity contribution in [3.05, 3.63) is 18.2 Å². The van der Waals surface area contributed by atoms with E-state index in [1.54, 1.807) is 0 Å². The van der Waals surface area contributed by atoms with Crippen LogP contribution in [0.3, 0.4) is 0 Å². The molecular formula is C41H81N2+. The highest BCUT2D eigenvalue weighted by Crippen LogP contribution is 2.16. The largest absolute Gasteiger partial charge is 0.254 e. The molecule has 1 N–H and O–H groups in total. The van der Waals surface area contributed by atoms with Gasteiger partial charge in [0.2, 0.25) is 0 Å². The predicted molar refractivity (Wildman–Crippen MR) is 193 cm³/mol. The molecule has 0 aliphatic heterocycles. The van der Waals surface area contributed by atoms with Crippen LogP contribution in [-0.2, 0) is 13.0 Å². The molecule has 0 bridgehead atoms. The molecule has 0 fully saturated rings. The van der Waals surface area contributed by atoms with Crippen molar-refractivity contribution in [1.29, 1.82) is 0 Å². The zero-order chi connectivity index (χ0) is 30.7. The van der Waals surface area contributed by atoms with E-state index in [0.29, 0.717) is 0 Å². The average Bonchev–Trinajstić information content (AvgIpc) is 3.47. The average molecular weight is 602 g/mol. The maximum absolute atomic E-state index is 3.53. The van der Waals surface area contributed by atoms with Gasteiger partial charge in [-0.15, -0.1) is 0 Å². The summed E-state index contributed by atoms with van der Waals surface area (Å²) in [5, 5.41) is 0. The minimum Gasteiger partial charge on any atom is -0.248 e. The summed E-state index contributed by atoms with van der Waals surface area (Å²) in [5.74, 6) is 1.46. The molecule has 0 saturated heterocycles. The molecule has 0 amide bonds. The Morgan fingerprint density at radius 1 is 0.372 bits per heavy atom. The lowest BCUT2D eigenvalue weighted by Gasteiger charge is -2.04. The van der Waals surface area contributed by atoms with Gasteiger partial charge in [-0.3, -0.25) is 0 Å². The molecule has 1 aromatic heterocycles. The van der Waals surface area contributed by atoms with Gasteiger partial charge in [-0.05, 0) is 19.3 Å². The smallest absolute Gasteiger partial charge is 0.248 e. The molecule has 0 radical (unpaired) electrons. The zero-order valence-electron chi connectivity index (χ0n) is 30.1. The Morgan fingerprint density at radius 3 is 0.977 bits per heavy atom. The maximum atomic E-state index is 3.53. The summed E-state index contributed by atoms with van der Waals surface area (Å²) in [6.07, 6.45) is 54.9. The lowest BCUT2D eigenvalue weighted by molar-refractivity contribution is -0.703. The monoisotopic (exact) mass is 602 g/mol. The van der Waals surface area contributed by atoms with Gasteiger partial charge in [-0.2, -0.15) is 0 Å². The Labute approximate surface area is 272 Å². The third-order valence-electron chi connectivity index (χ3n) is 9.87. The Hall–Kier alpha value is -0.790. The molecule has 1 rings (SSSR count). The van der Waals surface area contributed by atoms with Gasteiger partial charge >= 0.3 is 0 Å². The first-order chi connectivity index (χ1) is 21.4. The van der Waals surface area contributed by atoms with Crippen molar-refractivity contribution < 1.29 is 4.57 Å². The van der Waals surface area contributed by atoms with Crippen LogP contribution >= 0.6 is 0 Å². The number of nitrogens with one attached hydrogen (secondary N) is 1. The van der Waals surface area contributed by atoms with Crippen LogP contribution in [0, 0.1) is 0 Å². The SMILES string of the molecule is CCCCCCCCCCCCCCCCCCCc1[nH]cc[n+]1CCCCCCCCCCCCCCCCCCC. The number of unbranched alkanes of at least 4 members (excludes halogenated alkanes) is 32. The van der Waals surface area contributed by atoms with Gasteiger partial charge < -0.3 is 0 Å². The van der Waals surface area contributed by atoms with E-state index < -0.39 is 0 Å². The molecule has 0 aromatic carbocycles. The molecule has 0 spiro atoms. The van der Waals surface area contributed by atoms with Crippen molar-refractivity contribution in [3.63, 3.8) is 0 Å². The molecule has 2 heteroatoms. The number of aromatic amines is 1. The molecule has 0 atom stereocenters. The van der Waals surface area contributed by atoms with Crippen molar-refractivity contribution in [2.24, 2.45) is 0 Å². The highest BCUT2D eigenvalue weighted by atomic mass is 15.1. The summed E-state index contributed by atoms with van der Waals surface area (Å²) in [7, 11) is 0. The number of imidazole rings is 1. The zero-order valence-corrected chi connectivity index (χ0v) is 30.1. The van der Waals surface area contributed by atoms with E-state index in [1.165, 1.54) is 237 Å². The van der Waals surface area contributed by atoms with E-state index in [0.717, 1.165) is 0 Å². The van der Waals surface area contributed by atoms with Gasteiger partial charge in [0.1, 0.15) is 12.4 Å². The van der Waals surface area contributed by atoms with Crippen molar-refractivity contribution in [3.8, 4) is 0 Å². The first-order valence-corrected chi connectivity index (χ1v) is 20.4. The van der Waals surface area contributed by atoms with Gasteiger partial charge in [0.15, 0.2) is 0 Å². The molecule has 2 nitrogen and oxygen atoms in total. The Balaban J connectivity index is 1.81. The number of rotatable bonds is 36. The molecule has 1 aromatic rings. The van der Waals surface area contributed by atoms with E-state index in [1.807, 2.05) is 0 Å². The van der Waals surface area contributed by atoms with Crippen molar-refractivity contribution >= 4 is 0 Å². The summed E-state index contributed by atoms with van der Waals surface area (Å²) in [4.78, 5) is 3.53. The number of hydrogen-bond donors (Lipinski definition) is 1. The van der Waals surface area contributed by atoms with Crippen LogP contribution in [0.2, 0.25) is 0 Å². The summed E-state index contributed by atoms with van der Waals surface area (Å²) >= 11 is 0. The molecular weight excluding hydrogens is 520 g/mol. The van der Waals surface area contributed by atoms with Crippen LogP contribution in [0.5, 0.6) is 0 Å². The molecule has 0 unspecified atom stereocenters. The number of aromatic nitrogens is 2. The lowest BCUT2D eigenvalue weighted by atomic mass is 10.0. The second-order valence-electron chi connectivity index (χ2n) is 14.2. The standard InChI is InChI=1S/C41H80N2/c1-3-5-7-9-11-13-15-17-19-21-23-25-27-29-31-33-35-37-41-42-38-40-43(41)39-36-34-32-30-28-26-24-22-20-18-16-14-12-10-8-6-4-2/h38,40H,3-37,39H2,1-2H3/p+1. The number of nitrogens with zero attached hydrogens (tertiary/aromatic N) is 1.